The molecule has 160 valence electrons. The van der Waals surface area contributed by atoms with Gasteiger partial charge in [-0.05, 0) is 50.2 Å². The summed E-state index contributed by atoms with van der Waals surface area (Å²) in [4.78, 5) is 24.5. The average molecular weight is 410 g/mol. The minimum absolute atomic E-state index is 0.0616. The maximum atomic E-state index is 12.7. The molecular weight excluding hydrogens is 378 g/mol. The van der Waals surface area contributed by atoms with E-state index in [1.54, 1.807) is 24.4 Å². The molecule has 1 atom stereocenters. The topological polar surface area (TPSA) is 75.6 Å². The van der Waals surface area contributed by atoms with Gasteiger partial charge in [-0.15, -0.1) is 0 Å². The SMILES string of the molecule is CC/C=C\C=C/C(=O)N/C=C/CC1CCCC/C=C\Cc2cccc(O)c2C(=O)O1. The van der Waals surface area contributed by atoms with Gasteiger partial charge in [0, 0.05) is 18.7 Å². The van der Waals surface area contributed by atoms with Gasteiger partial charge in [0.2, 0.25) is 5.91 Å². The number of esters is 1. The van der Waals surface area contributed by atoms with E-state index in [1.165, 1.54) is 12.1 Å². The van der Waals surface area contributed by atoms with Crippen LogP contribution in [0.25, 0.3) is 0 Å². The van der Waals surface area contributed by atoms with Crippen molar-refractivity contribution in [1.82, 2.24) is 5.32 Å². The summed E-state index contributed by atoms with van der Waals surface area (Å²) >= 11 is 0. The fraction of sp³-hybridized carbons (Fsp3) is 0.360. The second-order valence-electron chi connectivity index (χ2n) is 7.14. The van der Waals surface area contributed by atoms with Crippen LogP contribution in [0.4, 0.5) is 0 Å². The second kappa shape index (κ2) is 13.2. The van der Waals surface area contributed by atoms with E-state index in [9.17, 15) is 14.7 Å². The minimum atomic E-state index is -0.509. The smallest absolute Gasteiger partial charge is 0.342 e. The first-order chi connectivity index (χ1) is 14.6. The number of cyclic esters (lactones) is 1. The lowest BCUT2D eigenvalue weighted by Crippen LogP contribution is -2.20. The lowest BCUT2D eigenvalue weighted by atomic mass is 10.0. The van der Waals surface area contributed by atoms with Crippen LogP contribution in [-0.4, -0.2) is 23.1 Å². The van der Waals surface area contributed by atoms with Crippen LogP contribution in [-0.2, 0) is 16.0 Å². The van der Waals surface area contributed by atoms with Crippen molar-refractivity contribution in [1.29, 1.82) is 0 Å². The Kier molecular flexibility index (Phi) is 10.2. The molecule has 0 fully saturated rings. The number of ether oxygens (including phenoxy) is 1. The quantitative estimate of drug-likeness (QED) is 0.295. The molecule has 1 heterocycles. The zero-order valence-corrected chi connectivity index (χ0v) is 17.5. The van der Waals surface area contributed by atoms with Crippen LogP contribution in [0, 0.1) is 0 Å². The number of carbonyl (C=O) groups is 2. The molecule has 1 aliphatic rings. The van der Waals surface area contributed by atoms with Crippen LogP contribution in [0.3, 0.4) is 0 Å². The first-order valence-electron chi connectivity index (χ1n) is 10.6. The molecule has 5 heteroatoms. The number of allylic oxidation sites excluding steroid dienone is 5. The number of carbonyl (C=O) groups excluding carboxylic acids is 2. The Morgan fingerprint density at radius 3 is 2.93 bits per heavy atom. The lowest BCUT2D eigenvalue weighted by molar-refractivity contribution is -0.115. The van der Waals surface area contributed by atoms with Crippen LogP contribution in [0.2, 0.25) is 0 Å². The molecule has 5 nitrogen and oxygen atoms in total. The van der Waals surface area contributed by atoms with Crippen LogP contribution in [0.1, 0.15) is 61.4 Å². The number of amides is 1. The predicted octanol–water partition coefficient (Wildman–Crippen LogP) is 5.13. The number of nitrogens with one attached hydrogen (secondary N) is 1. The molecule has 0 saturated heterocycles. The van der Waals surface area contributed by atoms with Gasteiger partial charge in [-0.1, -0.05) is 55.5 Å². The number of fused-ring (bicyclic) bond motifs is 1. The highest BCUT2D eigenvalue weighted by atomic mass is 16.5. The van der Waals surface area contributed by atoms with E-state index in [1.807, 2.05) is 31.2 Å². The van der Waals surface area contributed by atoms with Gasteiger partial charge in [0.05, 0.1) is 0 Å². The molecule has 0 saturated carbocycles. The Morgan fingerprint density at radius 2 is 2.10 bits per heavy atom. The second-order valence-corrected chi connectivity index (χ2v) is 7.14. The number of hydrogen-bond acceptors (Lipinski definition) is 4. The molecule has 0 radical (unpaired) electrons. The van der Waals surface area contributed by atoms with E-state index in [4.69, 9.17) is 4.74 Å². The van der Waals surface area contributed by atoms with Gasteiger partial charge in [0.25, 0.3) is 0 Å². The van der Waals surface area contributed by atoms with Crippen molar-refractivity contribution < 1.29 is 19.4 Å². The van der Waals surface area contributed by atoms with E-state index < -0.39 is 5.97 Å². The van der Waals surface area contributed by atoms with Crippen molar-refractivity contribution in [3.05, 3.63) is 78.1 Å². The van der Waals surface area contributed by atoms with Crippen molar-refractivity contribution in [2.24, 2.45) is 0 Å². The van der Waals surface area contributed by atoms with Gasteiger partial charge in [-0.25, -0.2) is 4.79 Å². The molecule has 1 unspecified atom stereocenters. The fourth-order valence-corrected chi connectivity index (χ4v) is 3.16. The Morgan fingerprint density at radius 1 is 1.23 bits per heavy atom. The normalized spacial score (nSPS) is 19.2. The number of rotatable bonds is 6. The summed E-state index contributed by atoms with van der Waals surface area (Å²) in [6.07, 6.45) is 19.8. The minimum Gasteiger partial charge on any atom is -0.507 e. The third-order valence-corrected chi connectivity index (χ3v) is 4.73. The van der Waals surface area contributed by atoms with Gasteiger partial charge in [0.1, 0.15) is 17.4 Å². The summed E-state index contributed by atoms with van der Waals surface area (Å²) in [5.41, 5.74) is 0.984. The van der Waals surface area contributed by atoms with Gasteiger partial charge in [0.15, 0.2) is 0 Å². The first-order valence-corrected chi connectivity index (χ1v) is 10.6. The number of phenolic OH excluding ortho intramolecular Hbond substituents is 1. The van der Waals surface area contributed by atoms with Gasteiger partial charge in [-0.3, -0.25) is 4.79 Å². The van der Waals surface area contributed by atoms with Gasteiger partial charge >= 0.3 is 5.97 Å². The number of hydrogen-bond donors (Lipinski definition) is 2. The molecule has 0 aromatic heterocycles. The Labute approximate surface area is 178 Å². The van der Waals surface area contributed by atoms with Gasteiger partial charge < -0.3 is 15.2 Å². The molecule has 0 bridgehead atoms. The van der Waals surface area contributed by atoms with Crippen molar-refractivity contribution in [2.45, 2.75) is 58.0 Å². The Balaban J connectivity index is 2.00. The zero-order chi connectivity index (χ0) is 21.6. The molecule has 1 amide bonds. The third kappa shape index (κ3) is 8.11. The average Bonchev–Trinajstić information content (AvgIpc) is 2.72. The standard InChI is InChI=1S/C25H31NO4/c1-2-3-4-10-18-23(28)26-19-12-16-21-15-9-7-5-6-8-13-20-14-11-17-22(27)24(20)25(29)30-21/h3-4,6,8,10-12,14,17-19,21,27H,2,5,7,9,13,15-16H2,1H3,(H,26,28)/b4-3-,8-6-,18-10-,19-12+. The van der Waals surface area contributed by atoms with Crippen LogP contribution >= 0.6 is 0 Å². The molecule has 1 aliphatic heterocycles. The van der Waals surface area contributed by atoms with E-state index in [0.717, 1.165) is 37.7 Å². The Bertz CT molecular complexity index is 820. The molecular formula is C25H31NO4. The summed E-state index contributed by atoms with van der Waals surface area (Å²) in [5.74, 6) is -0.785. The van der Waals surface area contributed by atoms with Crippen molar-refractivity contribution in [2.75, 3.05) is 0 Å². The Hall–Kier alpha value is -3.08. The predicted molar refractivity (Wildman–Crippen MR) is 119 cm³/mol. The maximum absolute atomic E-state index is 12.7. The number of benzene rings is 1. The summed E-state index contributed by atoms with van der Waals surface area (Å²) in [5, 5.41) is 12.9. The molecule has 0 aliphatic carbocycles. The molecule has 30 heavy (non-hydrogen) atoms. The first kappa shape index (κ1) is 23.2. The zero-order valence-electron chi connectivity index (χ0n) is 17.5. The largest absolute Gasteiger partial charge is 0.507 e. The number of aromatic hydroxyl groups is 1. The maximum Gasteiger partial charge on any atom is 0.342 e. The highest BCUT2D eigenvalue weighted by Crippen LogP contribution is 2.25. The highest BCUT2D eigenvalue weighted by Gasteiger charge is 2.21. The molecule has 2 N–H and O–H groups in total. The molecule has 2 rings (SSSR count). The van der Waals surface area contributed by atoms with Gasteiger partial charge in [-0.2, -0.15) is 0 Å². The van der Waals surface area contributed by atoms with E-state index in [0.29, 0.717) is 12.8 Å². The monoisotopic (exact) mass is 409 g/mol. The van der Waals surface area contributed by atoms with Crippen molar-refractivity contribution in [3.8, 4) is 5.75 Å². The number of phenols is 1. The summed E-state index contributed by atoms with van der Waals surface area (Å²) in [6.45, 7) is 2.03. The highest BCUT2D eigenvalue weighted by molar-refractivity contribution is 5.94. The van der Waals surface area contributed by atoms with E-state index >= 15 is 0 Å². The van der Waals surface area contributed by atoms with Crippen LogP contribution in [0.15, 0.2) is 66.9 Å². The lowest BCUT2D eigenvalue weighted by Gasteiger charge is -2.18. The van der Waals surface area contributed by atoms with E-state index in [-0.39, 0.29) is 23.3 Å². The van der Waals surface area contributed by atoms with Crippen LogP contribution < -0.4 is 5.32 Å². The summed E-state index contributed by atoms with van der Waals surface area (Å²) in [6, 6.07) is 5.07. The van der Waals surface area contributed by atoms with Crippen molar-refractivity contribution >= 4 is 11.9 Å². The third-order valence-electron chi connectivity index (χ3n) is 4.73. The molecule has 0 spiro atoms. The van der Waals surface area contributed by atoms with Crippen LogP contribution in [0.5, 0.6) is 5.75 Å². The van der Waals surface area contributed by atoms with Crippen molar-refractivity contribution in [3.63, 3.8) is 0 Å². The molecule has 1 aromatic rings. The fourth-order valence-electron chi connectivity index (χ4n) is 3.16. The summed E-state index contributed by atoms with van der Waals surface area (Å²) < 4.78 is 5.72. The summed E-state index contributed by atoms with van der Waals surface area (Å²) in [7, 11) is 0. The van der Waals surface area contributed by atoms with E-state index in [2.05, 4.69) is 11.4 Å². The molecule has 1 aromatic carbocycles.